The first-order chi connectivity index (χ1) is 10.3. The van der Waals surface area contributed by atoms with E-state index in [-0.39, 0.29) is 22.6 Å². The van der Waals surface area contributed by atoms with Gasteiger partial charge in [-0.05, 0) is 18.3 Å². The molecule has 1 fully saturated rings. The van der Waals surface area contributed by atoms with E-state index in [2.05, 4.69) is 0 Å². The molecule has 0 aromatic heterocycles. The summed E-state index contributed by atoms with van der Waals surface area (Å²) < 4.78 is 0. The van der Waals surface area contributed by atoms with Crippen LogP contribution in [0, 0.1) is 43.4 Å². The van der Waals surface area contributed by atoms with Crippen molar-refractivity contribution in [2.45, 2.75) is 20.3 Å². The van der Waals surface area contributed by atoms with Crippen LogP contribution in [0.2, 0.25) is 0 Å². The first-order valence-corrected chi connectivity index (χ1v) is 6.95. The van der Waals surface area contributed by atoms with Gasteiger partial charge in [-0.25, -0.2) is 0 Å². The van der Waals surface area contributed by atoms with Gasteiger partial charge < -0.3 is 4.90 Å². The van der Waals surface area contributed by atoms with Crippen LogP contribution >= 0.6 is 0 Å². The minimum Gasteiger partial charge on any atom is -0.360 e. The summed E-state index contributed by atoms with van der Waals surface area (Å²) in [5, 5.41) is 31.6. The van der Waals surface area contributed by atoms with Crippen LogP contribution < -0.4 is 4.90 Å². The maximum atomic E-state index is 11.3. The van der Waals surface area contributed by atoms with Gasteiger partial charge in [-0.2, -0.15) is 5.26 Å². The molecule has 1 saturated heterocycles. The van der Waals surface area contributed by atoms with Gasteiger partial charge in [0.25, 0.3) is 0 Å². The molecular formula is C14H16N4O4. The van der Waals surface area contributed by atoms with Crippen LogP contribution in [-0.2, 0) is 0 Å². The van der Waals surface area contributed by atoms with Crippen molar-refractivity contribution in [2.24, 2.45) is 11.8 Å². The van der Waals surface area contributed by atoms with E-state index in [1.54, 1.807) is 11.0 Å². The molecule has 0 bridgehead atoms. The van der Waals surface area contributed by atoms with E-state index in [9.17, 15) is 20.2 Å². The molecule has 1 aromatic carbocycles. The maximum absolute atomic E-state index is 11.3. The predicted molar refractivity (Wildman–Crippen MR) is 79.6 cm³/mol. The number of nitriles is 1. The van der Waals surface area contributed by atoms with Crippen molar-refractivity contribution in [1.82, 2.24) is 0 Å². The van der Waals surface area contributed by atoms with Crippen LogP contribution in [0.25, 0.3) is 0 Å². The Balaban J connectivity index is 2.64. The molecule has 0 N–H and O–H groups in total. The molecule has 1 heterocycles. The summed E-state index contributed by atoms with van der Waals surface area (Å²) in [5.74, 6) is 0.581. The molecule has 2 rings (SSSR count). The number of hydrogen-bond acceptors (Lipinski definition) is 6. The molecule has 0 amide bonds. The van der Waals surface area contributed by atoms with Crippen molar-refractivity contribution in [3.05, 3.63) is 37.9 Å². The fourth-order valence-electron chi connectivity index (χ4n) is 3.12. The summed E-state index contributed by atoms with van der Waals surface area (Å²) in [5.41, 5.74) is -0.841. The topological polar surface area (TPSA) is 113 Å². The highest BCUT2D eigenvalue weighted by Crippen LogP contribution is 2.41. The Morgan fingerprint density at radius 2 is 1.59 bits per heavy atom. The lowest BCUT2D eigenvalue weighted by Crippen LogP contribution is -2.39. The van der Waals surface area contributed by atoms with Crippen molar-refractivity contribution in [3.8, 4) is 6.07 Å². The van der Waals surface area contributed by atoms with E-state index in [0.29, 0.717) is 24.9 Å². The van der Waals surface area contributed by atoms with E-state index in [0.717, 1.165) is 18.6 Å². The Kier molecular flexibility index (Phi) is 4.26. The molecule has 1 aromatic rings. The lowest BCUT2D eigenvalue weighted by atomic mass is 9.91. The average molecular weight is 304 g/mol. The average Bonchev–Trinajstić information content (AvgIpc) is 2.44. The van der Waals surface area contributed by atoms with Gasteiger partial charge in [-0.1, -0.05) is 13.8 Å². The Morgan fingerprint density at radius 1 is 1.14 bits per heavy atom. The van der Waals surface area contributed by atoms with Crippen LogP contribution in [0.5, 0.6) is 0 Å². The molecule has 116 valence electrons. The quantitative estimate of drug-likeness (QED) is 0.626. The highest BCUT2D eigenvalue weighted by atomic mass is 16.6. The summed E-state index contributed by atoms with van der Waals surface area (Å²) in [7, 11) is 0. The van der Waals surface area contributed by atoms with Crippen molar-refractivity contribution in [3.63, 3.8) is 0 Å². The van der Waals surface area contributed by atoms with Crippen LogP contribution in [0.4, 0.5) is 17.1 Å². The van der Waals surface area contributed by atoms with E-state index >= 15 is 0 Å². The van der Waals surface area contributed by atoms with Crippen LogP contribution in [-0.4, -0.2) is 22.9 Å². The van der Waals surface area contributed by atoms with Gasteiger partial charge in [0.05, 0.1) is 21.5 Å². The highest BCUT2D eigenvalue weighted by molar-refractivity contribution is 5.77. The molecule has 0 radical (unpaired) electrons. The van der Waals surface area contributed by atoms with E-state index in [1.807, 2.05) is 13.8 Å². The van der Waals surface area contributed by atoms with Gasteiger partial charge in [0.1, 0.15) is 0 Å². The fraction of sp³-hybridized carbons (Fsp3) is 0.500. The molecule has 1 aliphatic rings. The van der Waals surface area contributed by atoms with Gasteiger partial charge in [0.15, 0.2) is 5.69 Å². The third kappa shape index (κ3) is 2.98. The molecule has 8 nitrogen and oxygen atoms in total. The molecule has 2 atom stereocenters. The molecular weight excluding hydrogens is 288 g/mol. The number of benzene rings is 1. The second-order valence-corrected chi connectivity index (χ2v) is 5.84. The number of nitro benzene ring substituents is 2. The van der Waals surface area contributed by atoms with Gasteiger partial charge >= 0.3 is 11.4 Å². The third-order valence-corrected chi connectivity index (χ3v) is 3.78. The lowest BCUT2D eigenvalue weighted by molar-refractivity contribution is -0.392. The van der Waals surface area contributed by atoms with Crippen molar-refractivity contribution in [1.29, 1.82) is 5.26 Å². The van der Waals surface area contributed by atoms with Crippen molar-refractivity contribution >= 4 is 17.1 Å². The first-order valence-electron chi connectivity index (χ1n) is 6.95. The summed E-state index contributed by atoms with van der Waals surface area (Å²) >= 11 is 0. The molecule has 1 aliphatic heterocycles. The molecule has 0 aliphatic carbocycles. The SMILES string of the molecule is CC1CC(C)CN(c2c([N+](=O)[O-])cc(C#N)cc2[N+](=O)[O-])C1. The van der Waals surface area contributed by atoms with Crippen LogP contribution in [0.1, 0.15) is 25.8 Å². The van der Waals surface area contributed by atoms with Crippen molar-refractivity contribution < 1.29 is 9.85 Å². The smallest absolute Gasteiger partial charge is 0.300 e. The summed E-state index contributed by atoms with van der Waals surface area (Å²) in [6.07, 6.45) is 0.981. The fourth-order valence-corrected chi connectivity index (χ4v) is 3.12. The van der Waals surface area contributed by atoms with Crippen LogP contribution in [0.15, 0.2) is 12.1 Å². The van der Waals surface area contributed by atoms with Gasteiger partial charge in [0, 0.05) is 25.2 Å². The van der Waals surface area contributed by atoms with E-state index in [1.165, 1.54) is 0 Å². The van der Waals surface area contributed by atoms with Crippen LogP contribution in [0.3, 0.4) is 0 Å². The summed E-state index contributed by atoms with van der Waals surface area (Å²) in [6, 6.07) is 3.94. The normalized spacial score (nSPS) is 21.2. The first kappa shape index (κ1) is 15.7. The monoisotopic (exact) mass is 304 g/mol. The summed E-state index contributed by atoms with van der Waals surface area (Å²) in [6.45, 7) is 5.09. The van der Waals surface area contributed by atoms with Gasteiger partial charge in [-0.3, -0.25) is 20.2 Å². The maximum Gasteiger partial charge on any atom is 0.300 e. The molecule has 8 heteroatoms. The highest BCUT2D eigenvalue weighted by Gasteiger charge is 2.34. The largest absolute Gasteiger partial charge is 0.360 e. The standard InChI is InChI=1S/C14H16N4O4/c1-9-3-10(2)8-16(7-9)14-12(17(19)20)4-11(6-15)5-13(14)18(21)22/h4-5,9-10H,3,7-8H2,1-2H3. The molecule has 0 saturated carbocycles. The lowest BCUT2D eigenvalue weighted by Gasteiger charge is -2.35. The number of anilines is 1. The minimum absolute atomic E-state index is 0.00685. The number of hydrogen-bond donors (Lipinski definition) is 0. The Morgan fingerprint density at radius 3 is 1.95 bits per heavy atom. The second kappa shape index (κ2) is 5.97. The van der Waals surface area contributed by atoms with Crippen molar-refractivity contribution in [2.75, 3.05) is 18.0 Å². The minimum atomic E-state index is -0.660. The van der Waals surface area contributed by atoms with E-state index in [4.69, 9.17) is 5.26 Å². The Hall–Kier alpha value is -2.69. The Bertz CT molecular complexity index is 622. The number of rotatable bonds is 3. The molecule has 2 unspecified atom stereocenters. The zero-order valence-electron chi connectivity index (χ0n) is 12.4. The number of nitrogens with zero attached hydrogens (tertiary/aromatic N) is 4. The molecule has 0 spiro atoms. The number of nitro groups is 2. The summed E-state index contributed by atoms with van der Waals surface area (Å²) in [4.78, 5) is 23.0. The number of piperidine rings is 1. The van der Waals surface area contributed by atoms with E-state index < -0.39 is 9.85 Å². The van der Waals surface area contributed by atoms with Gasteiger partial charge in [-0.15, -0.1) is 0 Å². The predicted octanol–water partition coefficient (Wildman–Crippen LogP) is 2.86. The zero-order valence-corrected chi connectivity index (χ0v) is 12.4. The third-order valence-electron chi connectivity index (χ3n) is 3.78. The Labute approximate surface area is 127 Å². The molecule has 22 heavy (non-hydrogen) atoms. The van der Waals surface area contributed by atoms with Gasteiger partial charge in [0.2, 0.25) is 0 Å². The second-order valence-electron chi connectivity index (χ2n) is 5.84. The zero-order chi connectivity index (χ0) is 16.4.